The molecule has 1 aromatic carbocycles. The largest absolute Gasteiger partial charge is 0.399 e. The van der Waals surface area contributed by atoms with Crippen molar-refractivity contribution in [1.29, 1.82) is 0 Å². The van der Waals surface area contributed by atoms with E-state index in [2.05, 4.69) is 10.6 Å². The van der Waals surface area contributed by atoms with Crippen LogP contribution in [0.15, 0.2) is 18.2 Å². The molecule has 0 aromatic heterocycles. The molecule has 0 heterocycles. The Hall–Kier alpha value is -1.78. The Bertz CT molecular complexity index is 348. The van der Waals surface area contributed by atoms with E-state index in [1.165, 1.54) is 18.2 Å². The lowest BCUT2D eigenvalue weighted by atomic mass is 10.3. The number of halogens is 1. The van der Waals surface area contributed by atoms with Crippen LogP contribution in [0.4, 0.5) is 20.6 Å². The molecule has 1 aromatic rings. The van der Waals surface area contributed by atoms with E-state index < -0.39 is 5.82 Å². The Kier molecular flexibility index (Phi) is 4.57. The molecule has 0 radical (unpaired) electrons. The second kappa shape index (κ2) is 5.95. The van der Waals surface area contributed by atoms with Crippen LogP contribution in [0.3, 0.4) is 0 Å². The van der Waals surface area contributed by atoms with E-state index in [-0.39, 0.29) is 11.7 Å². The molecule has 0 saturated carbocycles. The summed E-state index contributed by atoms with van der Waals surface area (Å²) in [6.45, 7) is 2.64. The molecule has 16 heavy (non-hydrogen) atoms. The van der Waals surface area contributed by atoms with Gasteiger partial charge in [0.25, 0.3) is 0 Å². The maximum absolute atomic E-state index is 12.9. The maximum Gasteiger partial charge on any atom is 0.319 e. The first-order valence-corrected chi connectivity index (χ1v) is 5.22. The average Bonchev–Trinajstić information content (AvgIpc) is 2.16. The Labute approximate surface area is 94.0 Å². The molecular weight excluding hydrogens is 209 g/mol. The number of nitrogens with one attached hydrogen (secondary N) is 2. The fourth-order valence-corrected chi connectivity index (χ4v) is 1.24. The Balaban J connectivity index is 2.49. The first kappa shape index (κ1) is 12.3. The standard InChI is InChI=1S/C11H16FN3O/c1-2-3-4-14-11(16)15-10-6-8(12)5-9(13)7-10/h5-7H,2-4,13H2,1H3,(H2,14,15,16). The summed E-state index contributed by atoms with van der Waals surface area (Å²) in [5.41, 5.74) is 6.08. The number of benzene rings is 1. The highest BCUT2D eigenvalue weighted by atomic mass is 19.1. The molecule has 0 aliphatic carbocycles. The molecule has 4 N–H and O–H groups in total. The van der Waals surface area contributed by atoms with E-state index in [1.807, 2.05) is 6.92 Å². The second-order valence-corrected chi connectivity index (χ2v) is 3.51. The lowest BCUT2D eigenvalue weighted by Gasteiger charge is -2.07. The van der Waals surface area contributed by atoms with Gasteiger partial charge in [-0.1, -0.05) is 13.3 Å². The average molecular weight is 225 g/mol. The number of urea groups is 1. The summed E-state index contributed by atoms with van der Waals surface area (Å²) in [7, 11) is 0. The molecule has 2 amide bonds. The highest BCUT2D eigenvalue weighted by Crippen LogP contribution is 2.14. The first-order chi connectivity index (χ1) is 7.61. The van der Waals surface area contributed by atoms with Gasteiger partial charge in [0.15, 0.2) is 0 Å². The van der Waals surface area contributed by atoms with Crippen LogP contribution in [0.5, 0.6) is 0 Å². The van der Waals surface area contributed by atoms with E-state index >= 15 is 0 Å². The number of amides is 2. The van der Waals surface area contributed by atoms with Crippen molar-refractivity contribution >= 4 is 17.4 Å². The van der Waals surface area contributed by atoms with Gasteiger partial charge in [0.2, 0.25) is 0 Å². The van der Waals surface area contributed by atoms with Crippen LogP contribution >= 0.6 is 0 Å². The Morgan fingerprint density at radius 3 is 2.81 bits per heavy atom. The molecule has 1 rings (SSSR count). The highest BCUT2D eigenvalue weighted by molar-refractivity contribution is 5.89. The highest BCUT2D eigenvalue weighted by Gasteiger charge is 2.02. The maximum atomic E-state index is 12.9. The van der Waals surface area contributed by atoms with Gasteiger partial charge in [-0.15, -0.1) is 0 Å². The quantitative estimate of drug-likeness (QED) is 0.543. The third-order valence-corrected chi connectivity index (χ3v) is 1.99. The molecule has 0 unspecified atom stereocenters. The number of rotatable bonds is 4. The number of nitrogen functional groups attached to an aromatic ring is 1. The zero-order valence-electron chi connectivity index (χ0n) is 9.22. The summed E-state index contributed by atoms with van der Waals surface area (Å²) < 4.78 is 12.9. The molecule has 0 fully saturated rings. The molecule has 0 bridgehead atoms. The number of carbonyl (C=O) groups excluding carboxylic acids is 1. The molecule has 4 nitrogen and oxygen atoms in total. The lowest BCUT2D eigenvalue weighted by Crippen LogP contribution is -2.29. The molecule has 0 aliphatic heterocycles. The van der Waals surface area contributed by atoms with Gasteiger partial charge in [0, 0.05) is 17.9 Å². The summed E-state index contributed by atoms with van der Waals surface area (Å²) in [6, 6.07) is 3.57. The van der Waals surface area contributed by atoms with Crippen LogP contribution < -0.4 is 16.4 Å². The van der Waals surface area contributed by atoms with Gasteiger partial charge < -0.3 is 16.4 Å². The number of nitrogens with two attached hydrogens (primary N) is 1. The fourth-order valence-electron chi connectivity index (χ4n) is 1.24. The Morgan fingerprint density at radius 2 is 2.19 bits per heavy atom. The summed E-state index contributed by atoms with van der Waals surface area (Å²) in [4.78, 5) is 11.3. The topological polar surface area (TPSA) is 67.2 Å². The van der Waals surface area contributed by atoms with Gasteiger partial charge >= 0.3 is 6.03 Å². The van der Waals surface area contributed by atoms with Crippen LogP contribution in [0.2, 0.25) is 0 Å². The number of hydrogen-bond donors (Lipinski definition) is 3. The smallest absolute Gasteiger partial charge is 0.319 e. The van der Waals surface area contributed by atoms with Crippen molar-refractivity contribution in [3.63, 3.8) is 0 Å². The van der Waals surface area contributed by atoms with Gasteiger partial charge in [-0.05, 0) is 24.6 Å². The zero-order valence-corrected chi connectivity index (χ0v) is 9.22. The molecule has 0 atom stereocenters. The number of unbranched alkanes of at least 4 members (excludes halogenated alkanes) is 1. The van der Waals surface area contributed by atoms with Crippen molar-refractivity contribution in [2.75, 3.05) is 17.6 Å². The summed E-state index contributed by atoms with van der Waals surface area (Å²) in [5, 5.41) is 5.17. The van der Waals surface area contributed by atoms with Gasteiger partial charge in [-0.3, -0.25) is 0 Å². The van der Waals surface area contributed by atoms with Crippen LogP contribution in [0.1, 0.15) is 19.8 Å². The minimum Gasteiger partial charge on any atom is -0.399 e. The SMILES string of the molecule is CCCCNC(=O)Nc1cc(N)cc(F)c1. The van der Waals surface area contributed by atoms with Gasteiger partial charge in [0.1, 0.15) is 5.82 Å². The van der Waals surface area contributed by atoms with Crippen molar-refractivity contribution in [3.8, 4) is 0 Å². The van der Waals surface area contributed by atoms with Crippen molar-refractivity contribution < 1.29 is 9.18 Å². The van der Waals surface area contributed by atoms with E-state index in [9.17, 15) is 9.18 Å². The zero-order chi connectivity index (χ0) is 12.0. The van der Waals surface area contributed by atoms with Crippen molar-refractivity contribution in [2.24, 2.45) is 0 Å². The van der Waals surface area contributed by atoms with Crippen molar-refractivity contribution in [3.05, 3.63) is 24.0 Å². The van der Waals surface area contributed by atoms with Crippen LogP contribution in [-0.2, 0) is 0 Å². The molecule has 0 saturated heterocycles. The summed E-state index contributed by atoms with van der Waals surface area (Å²) >= 11 is 0. The lowest BCUT2D eigenvalue weighted by molar-refractivity contribution is 0.252. The minimum atomic E-state index is -0.469. The molecule has 0 spiro atoms. The summed E-state index contributed by atoms with van der Waals surface area (Å²) in [5.74, 6) is -0.469. The summed E-state index contributed by atoms with van der Waals surface area (Å²) in [6.07, 6.45) is 1.92. The Morgan fingerprint density at radius 1 is 1.44 bits per heavy atom. The number of hydrogen-bond acceptors (Lipinski definition) is 2. The minimum absolute atomic E-state index is 0.281. The molecule has 88 valence electrons. The van der Waals surface area contributed by atoms with Crippen LogP contribution in [0.25, 0.3) is 0 Å². The van der Waals surface area contributed by atoms with E-state index in [0.717, 1.165) is 12.8 Å². The molecule has 5 heteroatoms. The van der Waals surface area contributed by atoms with Gasteiger partial charge in [-0.2, -0.15) is 0 Å². The monoisotopic (exact) mass is 225 g/mol. The second-order valence-electron chi connectivity index (χ2n) is 3.51. The van der Waals surface area contributed by atoms with Gasteiger partial charge in [0.05, 0.1) is 0 Å². The normalized spacial score (nSPS) is 9.88. The third kappa shape index (κ3) is 4.16. The fraction of sp³-hybridized carbons (Fsp3) is 0.364. The third-order valence-electron chi connectivity index (χ3n) is 1.99. The van der Waals surface area contributed by atoms with E-state index in [1.54, 1.807) is 0 Å². The van der Waals surface area contributed by atoms with E-state index in [4.69, 9.17) is 5.73 Å². The van der Waals surface area contributed by atoms with Crippen LogP contribution in [0, 0.1) is 5.82 Å². The van der Waals surface area contributed by atoms with E-state index in [0.29, 0.717) is 12.2 Å². The van der Waals surface area contributed by atoms with Crippen molar-refractivity contribution in [2.45, 2.75) is 19.8 Å². The predicted octanol–water partition coefficient (Wildman–Crippen LogP) is 2.33. The van der Waals surface area contributed by atoms with Crippen LogP contribution in [-0.4, -0.2) is 12.6 Å². The first-order valence-electron chi connectivity index (χ1n) is 5.22. The predicted molar refractivity (Wildman–Crippen MR) is 62.7 cm³/mol. The molecular formula is C11H16FN3O. The van der Waals surface area contributed by atoms with Crippen molar-refractivity contribution in [1.82, 2.24) is 5.32 Å². The van der Waals surface area contributed by atoms with Gasteiger partial charge in [-0.25, -0.2) is 9.18 Å². The number of carbonyl (C=O) groups is 1. The number of anilines is 2. The molecule has 0 aliphatic rings.